The van der Waals surface area contributed by atoms with Crippen LogP contribution >= 0.6 is 0 Å². The molecule has 0 N–H and O–H groups in total. The first-order chi connectivity index (χ1) is 13.8. The highest BCUT2D eigenvalue weighted by Crippen LogP contribution is 2.24. The van der Waals surface area contributed by atoms with Gasteiger partial charge in [-0.2, -0.15) is 0 Å². The summed E-state index contributed by atoms with van der Waals surface area (Å²) in [5, 5.41) is 0. The van der Waals surface area contributed by atoms with Crippen molar-refractivity contribution in [1.82, 2.24) is 0 Å². The molecule has 0 aromatic carbocycles. The minimum absolute atomic E-state index is 1.02. The molecule has 1 atom stereocenters. The smallest absolute Gasteiger partial charge is 0.0316 e. The monoisotopic (exact) mass is 390 g/mol. The maximum atomic E-state index is 3.95. The van der Waals surface area contributed by atoms with Crippen LogP contribution in [0.15, 0.2) is 12.2 Å². The normalized spacial score (nSPS) is 12.8. The molecule has 0 aromatic heterocycles. The number of rotatable bonds is 23. The molecule has 0 aromatic rings. The molecule has 0 aliphatic carbocycles. The van der Waals surface area contributed by atoms with E-state index in [-0.39, 0.29) is 0 Å². The summed E-state index contributed by atoms with van der Waals surface area (Å²) in [6, 6.07) is 0. The molecule has 0 spiro atoms. The van der Waals surface area contributed by atoms with Crippen molar-refractivity contribution in [3.8, 4) is 0 Å². The van der Waals surface area contributed by atoms with Crippen LogP contribution in [0, 0.1) is 19.8 Å². The van der Waals surface area contributed by atoms with Crippen molar-refractivity contribution in [2.45, 2.75) is 148 Å². The highest BCUT2D eigenvalue weighted by molar-refractivity contribution is 4.83. The molecule has 0 bridgehead atoms. The maximum Gasteiger partial charge on any atom is -0.0316 e. The van der Waals surface area contributed by atoms with E-state index in [0.717, 1.165) is 12.3 Å². The lowest BCUT2D eigenvalue weighted by Crippen LogP contribution is -2.01. The van der Waals surface area contributed by atoms with Gasteiger partial charge >= 0.3 is 0 Å². The van der Waals surface area contributed by atoms with Crippen molar-refractivity contribution in [1.29, 1.82) is 0 Å². The molecule has 0 heterocycles. The Labute approximate surface area is 180 Å². The van der Waals surface area contributed by atoms with Gasteiger partial charge in [0.1, 0.15) is 0 Å². The zero-order chi connectivity index (χ0) is 20.5. The van der Waals surface area contributed by atoms with Crippen LogP contribution in [0.25, 0.3) is 0 Å². The lowest BCUT2D eigenvalue weighted by Gasteiger charge is -2.16. The van der Waals surface area contributed by atoms with E-state index in [1.54, 1.807) is 0 Å². The summed E-state index contributed by atoms with van der Waals surface area (Å²) in [6.07, 6.45) is 35.3. The van der Waals surface area contributed by atoms with Gasteiger partial charge in [0.2, 0.25) is 0 Å². The van der Waals surface area contributed by atoms with Crippen LogP contribution < -0.4 is 0 Å². The zero-order valence-electron chi connectivity index (χ0n) is 19.7. The quantitative estimate of drug-likeness (QED) is 0.152. The molecular formula is C28H54. The van der Waals surface area contributed by atoms with Gasteiger partial charge < -0.3 is 0 Å². The SMILES string of the molecule is [CH2]/C=C/CCCCCCCCCCCCC(CCCC)CCCCCCC[CH2]. The van der Waals surface area contributed by atoms with Crippen molar-refractivity contribution in [2.24, 2.45) is 5.92 Å². The minimum atomic E-state index is 1.02. The number of allylic oxidation sites excluding steroid dienone is 2. The Morgan fingerprint density at radius 2 is 1.00 bits per heavy atom. The van der Waals surface area contributed by atoms with Gasteiger partial charge in [0.15, 0.2) is 0 Å². The molecule has 166 valence electrons. The number of hydrogen-bond acceptors (Lipinski definition) is 0. The van der Waals surface area contributed by atoms with E-state index in [2.05, 4.69) is 26.8 Å². The van der Waals surface area contributed by atoms with Crippen molar-refractivity contribution in [3.05, 3.63) is 26.0 Å². The van der Waals surface area contributed by atoms with Crippen molar-refractivity contribution in [3.63, 3.8) is 0 Å². The minimum Gasteiger partial charge on any atom is -0.0885 e. The Hall–Kier alpha value is -0.260. The van der Waals surface area contributed by atoms with E-state index >= 15 is 0 Å². The molecule has 0 saturated heterocycles. The van der Waals surface area contributed by atoms with E-state index in [4.69, 9.17) is 0 Å². The summed E-state index contributed by atoms with van der Waals surface area (Å²) in [4.78, 5) is 0. The van der Waals surface area contributed by atoms with Gasteiger partial charge in [-0.05, 0) is 25.7 Å². The third kappa shape index (κ3) is 22.0. The van der Waals surface area contributed by atoms with Crippen molar-refractivity contribution < 1.29 is 0 Å². The summed E-state index contributed by atoms with van der Waals surface area (Å²) >= 11 is 0. The van der Waals surface area contributed by atoms with Gasteiger partial charge in [0.25, 0.3) is 0 Å². The Kier molecular flexibility index (Phi) is 24.5. The summed E-state index contributed by atoms with van der Waals surface area (Å²) in [7, 11) is 0. The van der Waals surface area contributed by atoms with Crippen LogP contribution in [-0.2, 0) is 0 Å². The van der Waals surface area contributed by atoms with Crippen LogP contribution in [0.1, 0.15) is 148 Å². The van der Waals surface area contributed by atoms with Gasteiger partial charge in [0.05, 0.1) is 0 Å². The van der Waals surface area contributed by atoms with E-state index in [9.17, 15) is 0 Å². The topological polar surface area (TPSA) is 0 Å². The Balaban J connectivity index is 3.47. The van der Waals surface area contributed by atoms with Crippen LogP contribution in [0.3, 0.4) is 0 Å². The largest absolute Gasteiger partial charge is 0.0885 e. The third-order valence-corrected chi connectivity index (χ3v) is 6.23. The first kappa shape index (κ1) is 27.7. The number of hydrogen-bond donors (Lipinski definition) is 0. The summed E-state index contributed by atoms with van der Waals surface area (Å²) in [5.41, 5.74) is 0. The average Bonchev–Trinajstić information content (AvgIpc) is 2.71. The highest BCUT2D eigenvalue weighted by atomic mass is 14.1. The molecule has 0 saturated carbocycles. The second-order valence-electron chi connectivity index (χ2n) is 9.00. The standard InChI is InChI=1S/C28H54/c1-4-7-10-12-14-15-16-17-18-19-20-22-24-27-28(25-9-6-3)26-23-21-13-11-8-5-2/h4,7,28H,1-2,5-6,8-27H2,3H3/b7-4+. The molecule has 0 nitrogen and oxygen atoms in total. The van der Waals surface area contributed by atoms with Gasteiger partial charge in [-0.15, -0.1) is 0 Å². The Morgan fingerprint density at radius 3 is 1.46 bits per heavy atom. The van der Waals surface area contributed by atoms with E-state index in [1.807, 2.05) is 6.08 Å². The molecule has 0 fully saturated rings. The highest BCUT2D eigenvalue weighted by Gasteiger charge is 2.08. The van der Waals surface area contributed by atoms with E-state index < -0.39 is 0 Å². The van der Waals surface area contributed by atoms with Gasteiger partial charge in [-0.1, -0.05) is 154 Å². The van der Waals surface area contributed by atoms with E-state index in [1.165, 1.54) is 135 Å². The molecule has 0 aliphatic rings. The fraction of sp³-hybridized carbons (Fsp3) is 0.857. The summed E-state index contributed by atoms with van der Waals surface area (Å²) in [6.45, 7) is 10.0. The van der Waals surface area contributed by atoms with Gasteiger partial charge in [0, 0.05) is 0 Å². The molecule has 0 rings (SSSR count). The maximum absolute atomic E-state index is 3.95. The van der Waals surface area contributed by atoms with Gasteiger partial charge in [-0.25, -0.2) is 0 Å². The fourth-order valence-electron chi connectivity index (χ4n) is 4.29. The second-order valence-corrected chi connectivity index (χ2v) is 9.00. The molecule has 1 unspecified atom stereocenters. The zero-order valence-corrected chi connectivity index (χ0v) is 19.7. The van der Waals surface area contributed by atoms with Crippen molar-refractivity contribution in [2.75, 3.05) is 0 Å². The Bertz CT molecular complexity index is 290. The average molecular weight is 391 g/mol. The molecule has 0 amide bonds. The molecule has 0 heteroatoms. The lowest BCUT2D eigenvalue weighted by molar-refractivity contribution is 0.370. The third-order valence-electron chi connectivity index (χ3n) is 6.23. The van der Waals surface area contributed by atoms with Crippen LogP contribution in [0.4, 0.5) is 0 Å². The van der Waals surface area contributed by atoms with Crippen LogP contribution in [0.5, 0.6) is 0 Å². The van der Waals surface area contributed by atoms with Crippen LogP contribution in [0.2, 0.25) is 0 Å². The summed E-state index contributed by atoms with van der Waals surface area (Å²) in [5.74, 6) is 1.02. The lowest BCUT2D eigenvalue weighted by atomic mass is 9.90. The first-order valence-corrected chi connectivity index (χ1v) is 13.1. The van der Waals surface area contributed by atoms with Crippen molar-refractivity contribution >= 4 is 0 Å². The Morgan fingerprint density at radius 1 is 0.571 bits per heavy atom. The van der Waals surface area contributed by atoms with E-state index in [0.29, 0.717) is 0 Å². The molecule has 28 heavy (non-hydrogen) atoms. The molecular weight excluding hydrogens is 336 g/mol. The van der Waals surface area contributed by atoms with Crippen LogP contribution in [-0.4, -0.2) is 0 Å². The first-order valence-electron chi connectivity index (χ1n) is 13.1. The molecule has 0 aliphatic heterocycles. The van der Waals surface area contributed by atoms with Gasteiger partial charge in [-0.3, -0.25) is 0 Å². The fourth-order valence-corrected chi connectivity index (χ4v) is 4.29. The second kappa shape index (κ2) is 24.8. The number of unbranched alkanes of at least 4 members (excludes halogenated alkanes) is 16. The predicted octanol–water partition coefficient (Wildman–Crippen LogP) is 10.4. The predicted molar refractivity (Wildman–Crippen MR) is 131 cm³/mol. The summed E-state index contributed by atoms with van der Waals surface area (Å²) < 4.78 is 0. The molecule has 2 radical (unpaired) electrons.